The van der Waals surface area contributed by atoms with E-state index in [2.05, 4.69) is 26.1 Å². The number of H-pyrrole nitrogens is 1. The molecule has 13 heavy (non-hydrogen) atoms. The molecule has 1 aromatic heterocycles. The number of rotatable bonds is 1. The Bertz CT molecular complexity index is 405. The van der Waals surface area contributed by atoms with Gasteiger partial charge in [0.15, 0.2) is 0 Å². The number of hydrogen-bond acceptors (Lipinski definition) is 2. The van der Waals surface area contributed by atoms with Gasteiger partial charge in [0, 0.05) is 10.0 Å². The van der Waals surface area contributed by atoms with Crippen molar-refractivity contribution in [1.82, 2.24) is 10.2 Å². The van der Waals surface area contributed by atoms with Crippen molar-refractivity contribution < 1.29 is 0 Å². The van der Waals surface area contributed by atoms with Gasteiger partial charge >= 0.3 is 0 Å². The molecule has 0 fully saturated rings. The minimum Gasteiger partial charge on any atom is -0.396 e. The number of nitrogens with two attached hydrogens (primary N) is 1. The first-order valence-corrected chi connectivity index (χ1v) is 4.61. The first kappa shape index (κ1) is 8.31. The lowest BCUT2D eigenvalue weighted by atomic mass is 10.1. The molecule has 2 rings (SSSR count). The molecule has 1 aromatic carbocycles. The van der Waals surface area contributed by atoms with Crippen LogP contribution in [0.4, 0.5) is 5.69 Å². The van der Waals surface area contributed by atoms with E-state index in [4.69, 9.17) is 5.73 Å². The summed E-state index contributed by atoms with van der Waals surface area (Å²) in [6.45, 7) is 0. The van der Waals surface area contributed by atoms with E-state index in [1.165, 1.54) is 0 Å². The largest absolute Gasteiger partial charge is 0.396 e. The van der Waals surface area contributed by atoms with Gasteiger partial charge in [0.05, 0.1) is 17.6 Å². The highest BCUT2D eigenvalue weighted by Gasteiger charge is 2.02. The van der Waals surface area contributed by atoms with Crippen LogP contribution in [-0.2, 0) is 0 Å². The van der Waals surface area contributed by atoms with Crippen LogP contribution in [0.5, 0.6) is 0 Å². The predicted molar refractivity (Wildman–Crippen MR) is 56.1 cm³/mol. The van der Waals surface area contributed by atoms with Gasteiger partial charge < -0.3 is 5.73 Å². The average molecular weight is 238 g/mol. The fourth-order valence-corrected chi connectivity index (χ4v) is 1.41. The average Bonchev–Trinajstić information content (AvgIpc) is 2.53. The van der Waals surface area contributed by atoms with Gasteiger partial charge in [0.2, 0.25) is 0 Å². The minimum atomic E-state index is 0.669. The number of halogens is 1. The van der Waals surface area contributed by atoms with Crippen molar-refractivity contribution in [3.05, 3.63) is 34.9 Å². The fraction of sp³-hybridized carbons (Fsp3) is 0. The molecule has 0 saturated carbocycles. The third-order valence-corrected chi connectivity index (χ3v) is 2.33. The Labute approximate surface area is 84.1 Å². The van der Waals surface area contributed by atoms with Crippen molar-refractivity contribution in [1.29, 1.82) is 0 Å². The molecule has 66 valence electrons. The van der Waals surface area contributed by atoms with Crippen LogP contribution in [0.25, 0.3) is 11.3 Å². The van der Waals surface area contributed by atoms with Crippen LogP contribution in [0, 0.1) is 0 Å². The Morgan fingerprint density at radius 2 is 1.92 bits per heavy atom. The molecule has 0 aliphatic carbocycles. The molecule has 0 amide bonds. The lowest BCUT2D eigenvalue weighted by molar-refractivity contribution is 1.10. The van der Waals surface area contributed by atoms with Crippen LogP contribution in [-0.4, -0.2) is 10.2 Å². The van der Waals surface area contributed by atoms with Crippen LogP contribution in [0.15, 0.2) is 34.9 Å². The normalized spacial score (nSPS) is 10.2. The highest BCUT2D eigenvalue weighted by Crippen LogP contribution is 2.23. The molecule has 3 N–H and O–H groups in total. The molecule has 0 bridgehead atoms. The van der Waals surface area contributed by atoms with Crippen LogP contribution in [0.3, 0.4) is 0 Å². The first-order valence-electron chi connectivity index (χ1n) is 3.82. The molecule has 1 heterocycles. The number of aromatic amines is 1. The molecule has 0 saturated heterocycles. The third kappa shape index (κ3) is 1.58. The maximum atomic E-state index is 5.71. The number of hydrogen-bond donors (Lipinski definition) is 2. The van der Waals surface area contributed by atoms with Crippen molar-refractivity contribution in [2.45, 2.75) is 0 Å². The zero-order valence-electron chi connectivity index (χ0n) is 6.79. The summed E-state index contributed by atoms with van der Waals surface area (Å²) in [6, 6.07) is 7.90. The third-order valence-electron chi connectivity index (χ3n) is 1.80. The predicted octanol–water partition coefficient (Wildman–Crippen LogP) is 2.42. The summed E-state index contributed by atoms with van der Waals surface area (Å²) in [5.41, 5.74) is 8.28. The lowest BCUT2D eigenvalue weighted by Gasteiger charge is -1.98. The van der Waals surface area contributed by atoms with Crippen molar-refractivity contribution >= 4 is 21.6 Å². The molecule has 0 radical (unpaired) electrons. The standard InChI is InChI=1S/C9H8BrN3/c10-7-3-1-6(2-4-7)9-8(11)5-12-13-9/h1-5H,11H2,(H,12,13). The maximum absolute atomic E-state index is 5.71. The fourth-order valence-electron chi connectivity index (χ4n) is 1.14. The molecule has 0 atom stereocenters. The summed E-state index contributed by atoms with van der Waals surface area (Å²) in [5.74, 6) is 0. The van der Waals surface area contributed by atoms with Crippen LogP contribution >= 0.6 is 15.9 Å². The zero-order chi connectivity index (χ0) is 9.26. The second-order valence-electron chi connectivity index (χ2n) is 2.71. The van der Waals surface area contributed by atoms with E-state index < -0.39 is 0 Å². The quantitative estimate of drug-likeness (QED) is 0.801. The van der Waals surface area contributed by atoms with E-state index in [1.54, 1.807) is 6.20 Å². The molecule has 0 spiro atoms. The smallest absolute Gasteiger partial charge is 0.0879 e. The number of benzene rings is 1. The second-order valence-corrected chi connectivity index (χ2v) is 3.62. The first-order chi connectivity index (χ1) is 6.27. The van der Waals surface area contributed by atoms with Crippen LogP contribution in [0.2, 0.25) is 0 Å². The SMILES string of the molecule is Nc1cn[nH]c1-c1ccc(Br)cc1. The van der Waals surface area contributed by atoms with Gasteiger partial charge in [-0.1, -0.05) is 28.1 Å². The Balaban J connectivity index is 2.47. The molecule has 0 unspecified atom stereocenters. The van der Waals surface area contributed by atoms with Crippen molar-refractivity contribution in [3.63, 3.8) is 0 Å². The minimum absolute atomic E-state index is 0.669. The highest BCUT2D eigenvalue weighted by atomic mass is 79.9. The van der Waals surface area contributed by atoms with Gasteiger partial charge in [-0.3, -0.25) is 5.10 Å². The van der Waals surface area contributed by atoms with Crippen molar-refractivity contribution in [3.8, 4) is 11.3 Å². The molecule has 3 nitrogen and oxygen atoms in total. The van der Waals surface area contributed by atoms with Gasteiger partial charge in [-0.25, -0.2) is 0 Å². The molecule has 4 heteroatoms. The van der Waals surface area contributed by atoms with E-state index in [-0.39, 0.29) is 0 Å². The van der Waals surface area contributed by atoms with Gasteiger partial charge in [0.25, 0.3) is 0 Å². The Morgan fingerprint density at radius 1 is 1.23 bits per heavy atom. The topological polar surface area (TPSA) is 54.7 Å². The Kier molecular flexibility index (Phi) is 2.06. The molecule has 0 aliphatic heterocycles. The summed E-state index contributed by atoms with van der Waals surface area (Å²) in [5, 5.41) is 6.71. The van der Waals surface area contributed by atoms with E-state index in [0.717, 1.165) is 15.7 Å². The molecule has 2 aromatic rings. The zero-order valence-corrected chi connectivity index (χ0v) is 8.38. The number of nitrogens with one attached hydrogen (secondary N) is 1. The molecular weight excluding hydrogens is 230 g/mol. The Morgan fingerprint density at radius 3 is 2.46 bits per heavy atom. The second kappa shape index (κ2) is 3.22. The van der Waals surface area contributed by atoms with Crippen molar-refractivity contribution in [2.75, 3.05) is 5.73 Å². The van der Waals surface area contributed by atoms with Crippen LogP contribution < -0.4 is 5.73 Å². The number of anilines is 1. The summed E-state index contributed by atoms with van der Waals surface area (Å²) < 4.78 is 1.05. The monoisotopic (exact) mass is 237 g/mol. The summed E-state index contributed by atoms with van der Waals surface area (Å²) in [6.07, 6.45) is 1.61. The van der Waals surface area contributed by atoms with Gasteiger partial charge in [-0.05, 0) is 12.1 Å². The van der Waals surface area contributed by atoms with E-state index in [9.17, 15) is 0 Å². The molecule has 0 aliphatic rings. The van der Waals surface area contributed by atoms with E-state index >= 15 is 0 Å². The summed E-state index contributed by atoms with van der Waals surface area (Å²) in [7, 11) is 0. The Hall–Kier alpha value is -1.29. The number of nitrogens with zero attached hydrogens (tertiary/aromatic N) is 1. The van der Waals surface area contributed by atoms with Crippen molar-refractivity contribution in [2.24, 2.45) is 0 Å². The number of aromatic nitrogens is 2. The number of nitrogen functional groups attached to an aromatic ring is 1. The van der Waals surface area contributed by atoms with Gasteiger partial charge in [0.1, 0.15) is 0 Å². The lowest BCUT2D eigenvalue weighted by Crippen LogP contribution is -1.85. The van der Waals surface area contributed by atoms with E-state index in [0.29, 0.717) is 5.69 Å². The molecular formula is C9H8BrN3. The van der Waals surface area contributed by atoms with Gasteiger partial charge in [-0.15, -0.1) is 0 Å². The van der Waals surface area contributed by atoms with Crippen LogP contribution in [0.1, 0.15) is 0 Å². The highest BCUT2D eigenvalue weighted by molar-refractivity contribution is 9.10. The summed E-state index contributed by atoms with van der Waals surface area (Å²) >= 11 is 3.37. The maximum Gasteiger partial charge on any atom is 0.0879 e. The summed E-state index contributed by atoms with van der Waals surface area (Å²) in [4.78, 5) is 0. The van der Waals surface area contributed by atoms with E-state index in [1.807, 2.05) is 24.3 Å². The van der Waals surface area contributed by atoms with Gasteiger partial charge in [-0.2, -0.15) is 5.10 Å².